The van der Waals surface area contributed by atoms with E-state index < -0.39 is 23.7 Å². The minimum absolute atomic E-state index is 0.144. The summed E-state index contributed by atoms with van der Waals surface area (Å²) in [5, 5.41) is 4.48. The molecule has 0 aliphatic carbocycles. The molecular weight excluding hydrogens is 346 g/mol. The van der Waals surface area contributed by atoms with Crippen LogP contribution in [0.1, 0.15) is 6.42 Å². The summed E-state index contributed by atoms with van der Waals surface area (Å²) in [6.45, 7) is -0.657. The highest BCUT2D eigenvalue weighted by molar-refractivity contribution is 8.01. The number of fused-ring (bicyclic) bond motifs is 1. The summed E-state index contributed by atoms with van der Waals surface area (Å²) < 4.78 is 4.87. The maximum absolute atomic E-state index is 12.0. The van der Waals surface area contributed by atoms with Crippen LogP contribution in [0.2, 0.25) is 0 Å². The highest BCUT2D eigenvalue weighted by atomic mass is 32.2. The Morgan fingerprint density at radius 3 is 2.72 bits per heavy atom. The third kappa shape index (κ3) is 5.49. The van der Waals surface area contributed by atoms with Gasteiger partial charge in [0.25, 0.3) is 5.91 Å². The van der Waals surface area contributed by atoms with E-state index in [9.17, 15) is 19.2 Å². The average Bonchev–Trinajstić information content (AvgIpc) is 2.58. The summed E-state index contributed by atoms with van der Waals surface area (Å²) in [6, 6.07) is 7.30. The molecule has 1 aliphatic heterocycles. The number of carbonyl (C=O) groups is 4. The van der Waals surface area contributed by atoms with Crippen molar-refractivity contribution in [3.05, 3.63) is 24.3 Å². The van der Waals surface area contributed by atoms with E-state index in [-0.39, 0.29) is 24.8 Å². The van der Waals surface area contributed by atoms with Crippen molar-refractivity contribution in [1.29, 1.82) is 0 Å². The second-order valence-corrected chi connectivity index (χ2v) is 6.77. The van der Waals surface area contributed by atoms with Gasteiger partial charge in [0, 0.05) is 19.0 Å². The number of nitrogens with one attached hydrogen (secondary N) is 2. The van der Waals surface area contributed by atoms with Gasteiger partial charge in [0.1, 0.15) is 0 Å². The Labute approximate surface area is 149 Å². The van der Waals surface area contributed by atoms with Crippen molar-refractivity contribution >= 4 is 41.1 Å². The third-order valence-electron chi connectivity index (χ3n) is 3.36. The number of thioether (sulfide) groups is 1. The molecule has 1 atom stereocenters. The Bertz CT molecular complexity index is 692. The van der Waals surface area contributed by atoms with Gasteiger partial charge in [0.15, 0.2) is 6.61 Å². The van der Waals surface area contributed by atoms with Gasteiger partial charge in [-0.05, 0) is 12.1 Å². The van der Waals surface area contributed by atoms with Crippen molar-refractivity contribution in [2.75, 3.05) is 32.6 Å². The number of likely N-dealkylation sites (N-methyl/N-ethyl adjacent to an activating group) is 1. The normalized spacial score (nSPS) is 15.6. The fraction of sp³-hybridized carbons (Fsp3) is 0.375. The molecule has 0 aromatic heterocycles. The molecule has 0 bridgehead atoms. The second kappa shape index (κ2) is 8.52. The maximum atomic E-state index is 12.0. The highest BCUT2D eigenvalue weighted by Gasteiger charge is 2.29. The van der Waals surface area contributed by atoms with Gasteiger partial charge in [0.2, 0.25) is 11.8 Å². The molecule has 1 aliphatic rings. The summed E-state index contributed by atoms with van der Waals surface area (Å²) in [7, 11) is 3.14. The molecule has 134 valence electrons. The lowest BCUT2D eigenvalue weighted by Gasteiger charge is -2.23. The molecular formula is C16H19N3O5S. The largest absolute Gasteiger partial charge is 0.456 e. The zero-order valence-electron chi connectivity index (χ0n) is 13.9. The van der Waals surface area contributed by atoms with Gasteiger partial charge in [0.05, 0.1) is 23.9 Å². The van der Waals surface area contributed by atoms with E-state index in [1.165, 1.54) is 16.7 Å². The molecule has 0 saturated carbocycles. The third-order valence-corrected chi connectivity index (χ3v) is 4.63. The van der Waals surface area contributed by atoms with Crippen LogP contribution in [0.4, 0.5) is 5.69 Å². The van der Waals surface area contributed by atoms with E-state index in [1.54, 1.807) is 20.2 Å². The predicted octanol–water partition coefficient (Wildman–Crippen LogP) is 0.237. The minimum Gasteiger partial charge on any atom is -0.456 e. The lowest BCUT2D eigenvalue weighted by atomic mass is 10.2. The SMILES string of the molecule is CN(C)C(=O)CNC(=O)COC(=O)C[C@H]1Sc2ccccc2NC1=O. The van der Waals surface area contributed by atoms with Crippen LogP contribution in [0, 0.1) is 0 Å². The number of carbonyl (C=O) groups excluding carboxylic acids is 4. The summed E-state index contributed by atoms with van der Waals surface area (Å²) in [6.07, 6.45) is -0.144. The second-order valence-electron chi connectivity index (χ2n) is 5.52. The van der Waals surface area contributed by atoms with E-state index in [1.807, 2.05) is 18.2 Å². The van der Waals surface area contributed by atoms with Crippen LogP contribution < -0.4 is 10.6 Å². The number of nitrogens with zero attached hydrogens (tertiary/aromatic N) is 1. The lowest BCUT2D eigenvalue weighted by molar-refractivity contribution is -0.149. The summed E-state index contributed by atoms with van der Waals surface area (Å²) >= 11 is 1.28. The molecule has 1 aromatic carbocycles. The van der Waals surface area contributed by atoms with Gasteiger partial charge in [-0.15, -0.1) is 11.8 Å². The smallest absolute Gasteiger partial charge is 0.307 e. The Morgan fingerprint density at radius 2 is 2.00 bits per heavy atom. The van der Waals surface area contributed by atoms with E-state index >= 15 is 0 Å². The molecule has 0 spiro atoms. The molecule has 1 heterocycles. The Hall–Kier alpha value is -2.55. The van der Waals surface area contributed by atoms with Crippen LogP contribution in [0.5, 0.6) is 0 Å². The minimum atomic E-state index is -0.652. The molecule has 2 rings (SSSR count). The first-order valence-electron chi connectivity index (χ1n) is 7.56. The molecule has 0 unspecified atom stereocenters. The Balaban J connectivity index is 1.76. The number of benzene rings is 1. The van der Waals surface area contributed by atoms with Crippen molar-refractivity contribution in [3.8, 4) is 0 Å². The first-order chi connectivity index (χ1) is 11.9. The number of para-hydroxylation sites is 1. The molecule has 1 aromatic rings. The van der Waals surface area contributed by atoms with E-state index in [2.05, 4.69) is 10.6 Å². The molecule has 0 fully saturated rings. The number of amides is 3. The molecule has 8 nitrogen and oxygen atoms in total. The average molecular weight is 365 g/mol. The molecule has 2 N–H and O–H groups in total. The van der Waals surface area contributed by atoms with Gasteiger partial charge in [-0.2, -0.15) is 0 Å². The topological polar surface area (TPSA) is 105 Å². The van der Waals surface area contributed by atoms with Crippen molar-refractivity contribution in [1.82, 2.24) is 10.2 Å². The zero-order chi connectivity index (χ0) is 18.4. The molecule has 0 radical (unpaired) electrons. The summed E-state index contributed by atoms with van der Waals surface area (Å²) in [5.41, 5.74) is 0.715. The van der Waals surface area contributed by atoms with E-state index in [0.29, 0.717) is 5.69 Å². The zero-order valence-corrected chi connectivity index (χ0v) is 14.7. The number of rotatable bonds is 6. The molecule has 3 amide bonds. The highest BCUT2D eigenvalue weighted by Crippen LogP contribution is 2.36. The maximum Gasteiger partial charge on any atom is 0.307 e. The quantitative estimate of drug-likeness (QED) is 0.700. The lowest BCUT2D eigenvalue weighted by Crippen LogP contribution is -2.38. The van der Waals surface area contributed by atoms with Crippen molar-refractivity contribution < 1.29 is 23.9 Å². The van der Waals surface area contributed by atoms with Gasteiger partial charge in [-0.25, -0.2) is 0 Å². The molecule has 9 heteroatoms. The van der Waals surface area contributed by atoms with Crippen LogP contribution in [0.15, 0.2) is 29.2 Å². The van der Waals surface area contributed by atoms with Gasteiger partial charge in [-0.3, -0.25) is 19.2 Å². The molecule has 25 heavy (non-hydrogen) atoms. The van der Waals surface area contributed by atoms with Crippen LogP contribution >= 0.6 is 11.8 Å². The summed E-state index contributed by atoms with van der Waals surface area (Å²) in [4.78, 5) is 49.0. The van der Waals surface area contributed by atoms with E-state index in [4.69, 9.17) is 4.74 Å². The monoisotopic (exact) mass is 365 g/mol. The standard InChI is InChI=1S/C16H19N3O5S/c1-19(2)14(21)8-17-13(20)9-24-15(22)7-12-16(23)18-10-5-3-4-6-11(10)25-12/h3-6,12H,7-9H2,1-2H3,(H,17,20)(H,18,23)/t12-/m1/s1. The fourth-order valence-electron chi connectivity index (χ4n) is 1.97. The number of ether oxygens (including phenoxy) is 1. The first kappa shape index (κ1) is 18.8. The Morgan fingerprint density at radius 1 is 1.28 bits per heavy atom. The predicted molar refractivity (Wildman–Crippen MR) is 92.0 cm³/mol. The van der Waals surface area contributed by atoms with Crippen LogP contribution in [-0.2, 0) is 23.9 Å². The van der Waals surface area contributed by atoms with Crippen molar-refractivity contribution in [3.63, 3.8) is 0 Å². The van der Waals surface area contributed by atoms with Gasteiger partial charge >= 0.3 is 5.97 Å². The van der Waals surface area contributed by atoms with Gasteiger partial charge < -0.3 is 20.3 Å². The number of hydrogen-bond donors (Lipinski definition) is 2. The van der Waals surface area contributed by atoms with Gasteiger partial charge in [-0.1, -0.05) is 12.1 Å². The van der Waals surface area contributed by atoms with E-state index in [0.717, 1.165) is 4.90 Å². The van der Waals surface area contributed by atoms with Crippen LogP contribution in [0.3, 0.4) is 0 Å². The number of anilines is 1. The number of hydrogen-bond acceptors (Lipinski definition) is 6. The van der Waals surface area contributed by atoms with Crippen molar-refractivity contribution in [2.24, 2.45) is 0 Å². The number of esters is 1. The van der Waals surface area contributed by atoms with Crippen LogP contribution in [-0.4, -0.2) is 61.1 Å². The van der Waals surface area contributed by atoms with Crippen LogP contribution in [0.25, 0.3) is 0 Å². The molecule has 0 saturated heterocycles. The Kier molecular flexibility index (Phi) is 6.40. The van der Waals surface area contributed by atoms with Crippen molar-refractivity contribution in [2.45, 2.75) is 16.6 Å². The summed E-state index contributed by atoms with van der Waals surface area (Å²) in [5.74, 6) is -1.77. The fourth-order valence-corrected chi connectivity index (χ4v) is 3.06. The first-order valence-corrected chi connectivity index (χ1v) is 8.44.